The molecule has 1 N–H and O–H groups in total. The van der Waals surface area contributed by atoms with Crippen molar-refractivity contribution in [2.24, 2.45) is 0 Å². The lowest BCUT2D eigenvalue weighted by molar-refractivity contribution is 0.542. The monoisotopic (exact) mass is 396 g/mol. The van der Waals surface area contributed by atoms with Crippen molar-refractivity contribution in [2.75, 3.05) is 6.54 Å². The van der Waals surface area contributed by atoms with Crippen LogP contribution in [0.2, 0.25) is 0 Å². The van der Waals surface area contributed by atoms with Gasteiger partial charge < -0.3 is 0 Å². The van der Waals surface area contributed by atoms with E-state index in [0.29, 0.717) is 11.3 Å². The van der Waals surface area contributed by atoms with Gasteiger partial charge in [-0.25, -0.2) is 22.5 Å². The Labute approximate surface area is 160 Å². The number of hydrogen-bond donors (Lipinski definition) is 1. The fourth-order valence-corrected chi connectivity index (χ4v) is 3.98. The van der Waals surface area contributed by atoms with Crippen LogP contribution in [0.5, 0.6) is 0 Å². The predicted octanol–water partition coefficient (Wildman–Crippen LogP) is 0.956. The first-order chi connectivity index (χ1) is 13.5. The standard InChI is InChI=1S/C18H16N6O3S/c25-17-8-7-16(23-12-3-10-20-23)22-24(17)13-11-21-28(26,27)15-6-1-4-14-5-2-9-19-18(14)15/h1-10,12,21H,11,13H2. The Morgan fingerprint density at radius 1 is 1.00 bits per heavy atom. The Morgan fingerprint density at radius 2 is 1.86 bits per heavy atom. The van der Waals surface area contributed by atoms with Crippen molar-refractivity contribution in [2.45, 2.75) is 11.4 Å². The molecule has 0 aliphatic carbocycles. The number of pyridine rings is 1. The van der Waals surface area contributed by atoms with Crippen LogP contribution >= 0.6 is 0 Å². The maximum Gasteiger partial charge on any atom is 0.266 e. The topological polar surface area (TPSA) is 112 Å². The molecule has 0 atom stereocenters. The van der Waals surface area contributed by atoms with Gasteiger partial charge in [0.1, 0.15) is 4.90 Å². The maximum absolute atomic E-state index is 12.7. The molecular weight excluding hydrogens is 380 g/mol. The predicted molar refractivity (Wildman–Crippen MR) is 103 cm³/mol. The summed E-state index contributed by atoms with van der Waals surface area (Å²) in [6.45, 7) is 0.0758. The quantitative estimate of drug-likeness (QED) is 0.519. The van der Waals surface area contributed by atoms with E-state index in [1.807, 2.05) is 0 Å². The van der Waals surface area contributed by atoms with Gasteiger partial charge in [-0.2, -0.15) is 5.10 Å². The zero-order valence-electron chi connectivity index (χ0n) is 14.6. The molecule has 0 saturated heterocycles. The van der Waals surface area contributed by atoms with E-state index in [9.17, 15) is 13.2 Å². The molecule has 4 rings (SSSR count). The van der Waals surface area contributed by atoms with Crippen LogP contribution < -0.4 is 10.3 Å². The molecule has 28 heavy (non-hydrogen) atoms. The molecule has 0 bridgehead atoms. The Morgan fingerprint density at radius 3 is 2.68 bits per heavy atom. The summed E-state index contributed by atoms with van der Waals surface area (Å²) >= 11 is 0. The zero-order chi connectivity index (χ0) is 19.6. The molecule has 10 heteroatoms. The molecule has 0 radical (unpaired) electrons. The second-order valence-electron chi connectivity index (χ2n) is 5.93. The molecule has 0 amide bonds. The molecule has 9 nitrogen and oxygen atoms in total. The third-order valence-electron chi connectivity index (χ3n) is 4.09. The summed E-state index contributed by atoms with van der Waals surface area (Å²) in [6.07, 6.45) is 4.85. The van der Waals surface area contributed by atoms with Crippen molar-refractivity contribution < 1.29 is 8.42 Å². The summed E-state index contributed by atoms with van der Waals surface area (Å²) in [5, 5.41) is 9.01. The van der Waals surface area contributed by atoms with Gasteiger partial charge in [0, 0.05) is 36.6 Å². The van der Waals surface area contributed by atoms with E-state index in [2.05, 4.69) is 19.9 Å². The van der Waals surface area contributed by atoms with Crippen molar-refractivity contribution >= 4 is 20.9 Å². The van der Waals surface area contributed by atoms with Crippen molar-refractivity contribution in [1.29, 1.82) is 0 Å². The van der Waals surface area contributed by atoms with Crippen molar-refractivity contribution in [1.82, 2.24) is 29.3 Å². The molecule has 4 aromatic rings. The first kappa shape index (κ1) is 18.0. The number of benzene rings is 1. The van der Waals surface area contributed by atoms with Crippen LogP contribution in [0.3, 0.4) is 0 Å². The van der Waals surface area contributed by atoms with E-state index in [-0.39, 0.29) is 23.5 Å². The SMILES string of the molecule is O=c1ccc(-n2cccn2)nn1CCNS(=O)(=O)c1cccc2cccnc12. The Bertz CT molecular complexity index is 1280. The van der Waals surface area contributed by atoms with Crippen molar-refractivity contribution in [3.63, 3.8) is 0 Å². The summed E-state index contributed by atoms with van der Waals surface area (Å²) < 4.78 is 30.6. The summed E-state index contributed by atoms with van der Waals surface area (Å²) in [6, 6.07) is 13.2. The molecule has 142 valence electrons. The van der Waals surface area contributed by atoms with Gasteiger partial charge in [0.15, 0.2) is 5.82 Å². The molecule has 0 spiro atoms. The largest absolute Gasteiger partial charge is 0.268 e. The van der Waals surface area contributed by atoms with Gasteiger partial charge in [0.2, 0.25) is 10.0 Å². The van der Waals surface area contributed by atoms with Crippen LogP contribution in [0.1, 0.15) is 0 Å². The number of rotatable bonds is 6. The van der Waals surface area contributed by atoms with Crippen LogP contribution in [-0.4, -0.2) is 39.5 Å². The first-order valence-corrected chi connectivity index (χ1v) is 9.94. The number of hydrogen-bond acceptors (Lipinski definition) is 6. The highest BCUT2D eigenvalue weighted by Crippen LogP contribution is 2.20. The minimum atomic E-state index is -3.80. The van der Waals surface area contributed by atoms with Gasteiger partial charge >= 0.3 is 0 Å². The highest BCUT2D eigenvalue weighted by atomic mass is 32.2. The van der Waals surface area contributed by atoms with E-state index in [4.69, 9.17) is 0 Å². The highest BCUT2D eigenvalue weighted by molar-refractivity contribution is 7.89. The van der Waals surface area contributed by atoms with Crippen LogP contribution in [0, 0.1) is 0 Å². The van der Waals surface area contributed by atoms with Gasteiger partial charge in [-0.3, -0.25) is 9.78 Å². The molecule has 0 unspecified atom stereocenters. The Kier molecular flexibility index (Phi) is 4.72. The van der Waals surface area contributed by atoms with Gasteiger partial charge in [-0.15, -0.1) is 5.10 Å². The summed E-state index contributed by atoms with van der Waals surface area (Å²) in [5.41, 5.74) is 0.0652. The number of para-hydroxylation sites is 1. The summed E-state index contributed by atoms with van der Waals surface area (Å²) in [5.74, 6) is 0.464. The van der Waals surface area contributed by atoms with Gasteiger partial charge in [0.05, 0.1) is 12.1 Å². The number of fused-ring (bicyclic) bond motifs is 1. The number of aromatic nitrogens is 5. The third kappa shape index (κ3) is 3.55. The lowest BCUT2D eigenvalue weighted by atomic mass is 10.2. The van der Waals surface area contributed by atoms with E-state index in [1.165, 1.54) is 21.5 Å². The molecule has 1 aromatic carbocycles. The van der Waals surface area contributed by atoms with Crippen LogP contribution in [0.4, 0.5) is 0 Å². The zero-order valence-corrected chi connectivity index (χ0v) is 15.5. The molecule has 0 fully saturated rings. The fraction of sp³-hybridized carbons (Fsp3) is 0.111. The summed E-state index contributed by atoms with van der Waals surface area (Å²) in [4.78, 5) is 16.3. The minimum Gasteiger partial charge on any atom is -0.268 e. The van der Waals surface area contributed by atoms with E-state index >= 15 is 0 Å². The average Bonchev–Trinajstić information content (AvgIpc) is 3.24. The van der Waals surface area contributed by atoms with Gasteiger partial charge in [0.25, 0.3) is 5.56 Å². The van der Waals surface area contributed by atoms with Crippen LogP contribution in [0.15, 0.2) is 76.8 Å². The first-order valence-electron chi connectivity index (χ1n) is 8.46. The third-order valence-corrected chi connectivity index (χ3v) is 5.59. The molecule has 0 aliphatic rings. The smallest absolute Gasteiger partial charge is 0.266 e. The number of sulfonamides is 1. The molecule has 0 saturated carbocycles. The second-order valence-corrected chi connectivity index (χ2v) is 7.67. The van der Waals surface area contributed by atoms with E-state index < -0.39 is 10.0 Å². The van der Waals surface area contributed by atoms with E-state index in [0.717, 1.165) is 5.39 Å². The fourth-order valence-electron chi connectivity index (χ4n) is 2.78. The highest BCUT2D eigenvalue weighted by Gasteiger charge is 2.17. The molecule has 3 heterocycles. The number of nitrogens with zero attached hydrogens (tertiary/aromatic N) is 5. The molecule has 3 aromatic heterocycles. The van der Waals surface area contributed by atoms with Crippen molar-refractivity contribution in [3.05, 3.63) is 77.5 Å². The van der Waals surface area contributed by atoms with Crippen LogP contribution in [0.25, 0.3) is 16.7 Å². The lowest BCUT2D eigenvalue weighted by Crippen LogP contribution is -2.32. The normalized spacial score (nSPS) is 11.7. The molecule has 0 aliphatic heterocycles. The van der Waals surface area contributed by atoms with Crippen molar-refractivity contribution in [3.8, 4) is 5.82 Å². The summed E-state index contributed by atoms with van der Waals surface area (Å²) in [7, 11) is -3.80. The molecular formula is C18H16N6O3S. The minimum absolute atomic E-state index is 0.00101. The van der Waals surface area contributed by atoms with Crippen LogP contribution in [-0.2, 0) is 16.6 Å². The second kappa shape index (κ2) is 7.33. The lowest BCUT2D eigenvalue weighted by Gasteiger charge is -2.10. The number of nitrogens with one attached hydrogen (secondary N) is 1. The Hall–Kier alpha value is -3.37. The Balaban J connectivity index is 1.53. The average molecular weight is 396 g/mol. The van der Waals surface area contributed by atoms with Gasteiger partial charge in [-0.05, 0) is 24.3 Å². The maximum atomic E-state index is 12.7. The van der Waals surface area contributed by atoms with E-state index in [1.54, 1.807) is 55.0 Å². The van der Waals surface area contributed by atoms with Gasteiger partial charge in [-0.1, -0.05) is 18.2 Å².